The first-order valence-electron chi connectivity index (χ1n) is 4.53. The fourth-order valence-electron chi connectivity index (χ4n) is 1.21. The van der Waals surface area contributed by atoms with Crippen LogP contribution in [0.25, 0.3) is 0 Å². The number of halogens is 1. The van der Waals surface area contributed by atoms with Crippen LogP contribution in [0.3, 0.4) is 0 Å². The zero-order valence-electron chi connectivity index (χ0n) is 8.74. The van der Waals surface area contributed by atoms with E-state index in [1.54, 1.807) is 18.2 Å². The predicted octanol–water partition coefficient (Wildman–Crippen LogP) is 2.13. The van der Waals surface area contributed by atoms with E-state index in [2.05, 4.69) is 26.1 Å². The van der Waals surface area contributed by atoms with E-state index in [9.17, 15) is 8.42 Å². The van der Waals surface area contributed by atoms with Crippen LogP contribution in [-0.4, -0.2) is 25.7 Å². The topological polar surface area (TPSA) is 63.2 Å². The molecule has 8 heteroatoms. The number of sulfonamides is 1. The van der Waals surface area contributed by atoms with Crippen molar-refractivity contribution in [2.24, 2.45) is 0 Å². The summed E-state index contributed by atoms with van der Waals surface area (Å²) in [6.07, 6.45) is 0. The van der Waals surface area contributed by atoms with Crippen LogP contribution in [0.4, 0.5) is 5.13 Å². The van der Waals surface area contributed by atoms with Crippen LogP contribution in [0, 0.1) is 0 Å². The Hall–Kier alpha value is -0.990. The average molecular weight is 334 g/mol. The standard InChI is InChI=1S/C9H8BrN3O2S2/c1-13(9-12-11-6-16-9)17(14,15)8-5-3-2-4-7(8)10/h2-6H,1H3. The van der Waals surface area contributed by atoms with E-state index in [1.165, 1.54) is 30.0 Å². The third kappa shape index (κ3) is 2.33. The highest BCUT2D eigenvalue weighted by Gasteiger charge is 2.25. The highest BCUT2D eigenvalue weighted by atomic mass is 79.9. The van der Waals surface area contributed by atoms with Gasteiger partial charge in [0, 0.05) is 11.5 Å². The Morgan fingerprint density at radius 1 is 1.35 bits per heavy atom. The van der Waals surface area contributed by atoms with Crippen LogP contribution in [0.15, 0.2) is 39.1 Å². The smallest absolute Gasteiger partial charge is 0.243 e. The first-order valence-corrected chi connectivity index (χ1v) is 7.64. The van der Waals surface area contributed by atoms with E-state index in [0.717, 1.165) is 4.31 Å². The number of benzene rings is 1. The van der Waals surface area contributed by atoms with Gasteiger partial charge in [0.05, 0.1) is 0 Å². The van der Waals surface area contributed by atoms with Gasteiger partial charge in [-0.05, 0) is 28.1 Å². The van der Waals surface area contributed by atoms with E-state index in [-0.39, 0.29) is 4.90 Å². The van der Waals surface area contributed by atoms with Gasteiger partial charge in [0.15, 0.2) is 0 Å². The first kappa shape index (κ1) is 12.5. The molecule has 0 aliphatic carbocycles. The van der Waals surface area contributed by atoms with Crippen molar-refractivity contribution >= 4 is 42.4 Å². The molecule has 5 nitrogen and oxygen atoms in total. The number of anilines is 1. The predicted molar refractivity (Wildman–Crippen MR) is 69.6 cm³/mol. The second-order valence-corrected chi connectivity index (χ2v) is 6.73. The van der Waals surface area contributed by atoms with Crippen LogP contribution >= 0.6 is 27.3 Å². The lowest BCUT2D eigenvalue weighted by Crippen LogP contribution is -2.26. The van der Waals surface area contributed by atoms with Crippen LogP contribution in [-0.2, 0) is 10.0 Å². The summed E-state index contributed by atoms with van der Waals surface area (Å²) in [5, 5.41) is 7.70. The molecule has 17 heavy (non-hydrogen) atoms. The molecule has 1 aromatic heterocycles. The molecule has 90 valence electrons. The molecule has 1 aromatic carbocycles. The van der Waals surface area contributed by atoms with Crippen LogP contribution in [0.1, 0.15) is 0 Å². The van der Waals surface area contributed by atoms with E-state index in [1.807, 2.05) is 0 Å². The second-order valence-electron chi connectivity index (χ2n) is 3.12. The number of rotatable bonds is 3. The van der Waals surface area contributed by atoms with Gasteiger partial charge in [0.2, 0.25) is 5.13 Å². The van der Waals surface area contributed by atoms with E-state index in [0.29, 0.717) is 9.60 Å². The monoisotopic (exact) mass is 333 g/mol. The van der Waals surface area contributed by atoms with Gasteiger partial charge in [0.1, 0.15) is 10.4 Å². The van der Waals surface area contributed by atoms with Crippen molar-refractivity contribution in [3.63, 3.8) is 0 Å². The summed E-state index contributed by atoms with van der Waals surface area (Å²) in [4.78, 5) is 0.206. The molecule has 0 bridgehead atoms. The SMILES string of the molecule is CN(c1nncs1)S(=O)(=O)c1ccccc1Br. The van der Waals surface area contributed by atoms with Crippen molar-refractivity contribution in [3.8, 4) is 0 Å². The zero-order chi connectivity index (χ0) is 12.5. The summed E-state index contributed by atoms with van der Waals surface area (Å²) in [6.45, 7) is 0. The van der Waals surface area contributed by atoms with Gasteiger partial charge in [0.25, 0.3) is 10.0 Å². The summed E-state index contributed by atoms with van der Waals surface area (Å²) >= 11 is 4.39. The van der Waals surface area contributed by atoms with Crippen LogP contribution in [0.5, 0.6) is 0 Å². The van der Waals surface area contributed by atoms with Crippen molar-refractivity contribution in [1.29, 1.82) is 0 Å². The fraction of sp³-hybridized carbons (Fsp3) is 0.111. The Balaban J connectivity index is 2.48. The summed E-state index contributed by atoms with van der Waals surface area (Å²) in [5.41, 5.74) is 1.49. The van der Waals surface area contributed by atoms with Crippen molar-refractivity contribution in [2.45, 2.75) is 4.90 Å². The maximum absolute atomic E-state index is 12.3. The zero-order valence-corrected chi connectivity index (χ0v) is 12.0. The van der Waals surface area contributed by atoms with Gasteiger partial charge in [-0.3, -0.25) is 0 Å². The molecule has 0 aliphatic heterocycles. The Kier molecular flexibility index (Phi) is 3.45. The van der Waals surface area contributed by atoms with Crippen molar-refractivity contribution < 1.29 is 8.42 Å². The molecular weight excluding hydrogens is 326 g/mol. The first-order chi connectivity index (χ1) is 8.03. The lowest BCUT2D eigenvalue weighted by atomic mass is 10.4. The molecule has 0 aliphatic rings. The normalized spacial score (nSPS) is 11.4. The molecule has 0 spiro atoms. The Morgan fingerprint density at radius 3 is 2.65 bits per heavy atom. The Bertz CT molecular complexity index is 613. The number of aromatic nitrogens is 2. The molecule has 0 fully saturated rings. The lowest BCUT2D eigenvalue weighted by molar-refractivity contribution is 0.593. The summed E-state index contributed by atoms with van der Waals surface area (Å²) in [6, 6.07) is 6.65. The van der Waals surface area contributed by atoms with E-state index in [4.69, 9.17) is 0 Å². The Morgan fingerprint density at radius 2 is 2.06 bits per heavy atom. The third-order valence-electron chi connectivity index (χ3n) is 2.09. The highest BCUT2D eigenvalue weighted by Crippen LogP contribution is 2.27. The van der Waals surface area contributed by atoms with Gasteiger partial charge < -0.3 is 0 Å². The molecule has 0 N–H and O–H groups in total. The van der Waals surface area contributed by atoms with Gasteiger partial charge in [-0.2, -0.15) is 0 Å². The molecule has 0 amide bonds. The van der Waals surface area contributed by atoms with Crippen LogP contribution in [0.2, 0.25) is 0 Å². The molecule has 0 saturated carbocycles. The van der Waals surface area contributed by atoms with E-state index < -0.39 is 10.0 Å². The molecule has 2 rings (SSSR count). The minimum atomic E-state index is -3.60. The van der Waals surface area contributed by atoms with Crippen LogP contribution < -0.4 is 4.31 Å². The van der Waals surface area contributed by atoms with Crippen molar-refractivity contribution in [1.82, 2.24) is 10.2 Å². The number of hydrogen-bond donors (Lipinski definition) is 0. The summed E-state index contributed by atoms with van der Waals surface area (Å²) in [7, 11) is -2.14. The largest absolute Gasteiger partial charge is 0.267 e. The maximum atomic E-state index is 12.3. The second kappa shape index (κ2) is 4.71. The highest BCUT2D eigenvalue weighted by molar-refractivity contribution is 9.10. The summed E-state index contributed by atoms with van der Waals surface area (Å²) < 4.78 is 26.2. The molecule has 0 unspecified atom stereocenters. The van der Waals surface area contributed by atoms with Crippen molar-refractivity contribution in [3.05, 3.63) is 34.2 Å². The molecule has 0 saturated heterocycles. The third-order valence-corrected chi connectivity index (χ3v) is 5.73. The molecule has 0 radical (unpaired) electrons. The summed E-state index contributed by atoms with van der Waals surface area (Å²) in [5.74, 6) is 0. The minimum Gasteiger partial charge on any atom is -0.243 e. The molecular formula is C9H8BrN3O2S2. The lowest BCUT2D eigenvalue weighted by Gasteiger charge is -2.16. The van der Waals surface area contributed by atoms with Gasteiger partial charge in [-0.25, -0.2) is 12.7 Å². The molecule has 1 heterocycles. The van der Waals surface area contributed by atoms with Crippen molar-refractivity contribution in [2.75, 3.05) is 11.4 Å². The average Bonchev–Trinajstić information content (AvgIpc) is 2.81. The number of nitrogens with zero attached hydrogens (tertiary/aromatic N) is 3. The van der Waals surface area contributed by atoms with Gasteiger partial charge in [-0.1, -0.05) is 23.5 Å². The van der Waals surface area contributed by atoms with Gasteiger partial charge in [-0.15, -0.1) is 10.2 Å². The molecule has 2 aromatic rings. The quantitative estimate of drug-likeness (QED) is 0.863. The van der Waals surface area contributed by atoms with Gasteiger partial charge >= 0.3 is 0 Å². The molecule has 0 atom stereocenters. The maximum Gasteiger partial charge on any atom is 0.267 e. The fourth-order valence-corrected chi connectivity index (χ4v) is 4.06. The Labute approximate surface area is 111 Å². The number of hydrogen-bond acceptors (Lipinski definition) is 5. The minimum absolute atomic E-state index is 0.206. The van der Waals surface area contributed by atoms with E-state index >= 15 is 0 Å².